The minimum absolute atomic E-state index is 0.216. The Morgan fingerprint density at radius 3 is 2.44 bits per heavy atom. The zero-order valence-corrected chi connectivity index (χ0v) is 8.07. The Balaban J connectivity index is 2.34. The van der Waals surface area contributed by atoms with Crippen molar-refractivity contribution in [3.8, 4) is 0 Å². The number of hydrogen-bond donors (Lipinski definition) is 1. The molecular weight excluding hydrogens is 219 g/mol. The van der Waals surface area contributed by atoms with E-state index in [0.717, 1.165) is 6.07 Å². The van der Waals surface area contributed by atoms with E-state index in [4.69, 9.17) is 0 Å². The van der Waals surface area contributed by atoms with E-state index >= 15 is 0 Å². The maximum Gasteiger partial charge on any atom is 0.420 e. The summed E-state index contributed by atoms with van der Waals surface area (Å²) in [6.07, 6.45) is 0.0779. The molecule has 16 heavy (non-hydrogen) atoms. The van der Waals surface area contributed by atoms with Crippen molar-refractivity contribution in [2.75, 3.05) is 5.43 Å². The average molecular weight is 227 g/mol. The summed E-state index contributed by atoms with van der Waals surface area (Å²) >= 11 is 0. The van der Waals surface area contributed by atoms with Crippen LogP contribution in [0.2, 0.25) is 0 Å². The SMILES string of the molecule is FC(F)(F)c1cccnc1Nn1cccc1. The minimum Gasteiger partial charge on any atom is -0.278 e. The smallest absolute Gasteiger partial charge is 0.278 e. The summed E-state index contributed by atoms with van der Waals surface area (Å²) in [6, 6.07) is 5.63. The molecular formula is C10H8F3N3. The van der Waals surface area contributed by atoms with Gasteiger partial charge in [0.05, 0.1) is 5.56 Å². The molecule has 0 aliphatic carbocycles. The highest BCUT2D eigenvalue weighted by Gasteiger charge is 2.34. The molecule has 0 aliphatic rings. The second-order valence-corrected chi connectivity index (χ2v) is 3.10. The lowest BCUT2D eigenvalue weighted by atomic mass is 10.2. The topological polar surface area (TPSA) is 29.9 Å². The Hall–Kier alpha value is -1.98. The van der Waals surface area contributed by atoms with Crippen LogP contribution in [-0.4, -0.2) is 9.66 Å². The van der Waals surface area contributed by atoms with Gasteiger partial charge in [-0.15, -0.1) is 0 Å². The van der Waals surface area contributed by atoms with Crippen molar-refractivity contribution in [3.63, 3.8) is 0 Å². The predicted molar refractivity (Wildman–Crippen MR) is 52.7 cm³/mol. The Bertz CT molecular complexity index is 462. The zero-order chi connectivity index (χ0) is 11.6. The van der Waals surface area contributed by atoms with E-state index in [2.05, 4.69) is 10.4 Å². The molecule has 0 amide bonds. The Morgan fingerprint density at radius 1 is 1.12 bits per heavy atom. The average Bonchev–Trinajstić information content (AvgIpc) is 2.70. The maximum atomic E-state index is 12.6. The summed E-state index contributed by atoms with van der Waals surface area (Å²) in [4.78, 5) is 3.67. The van der Waals surface area contributed by atoms with E-state index < -0.39 is 11.7 Å². The van der Waals surface area contributed by atoms with Gasteiger partial charge in [0.1, 0.15) is 0 Å². The van der Waals surface area contributed by atoms with Crippen LogP contribution < -0.4 is 5.43 Å². The number of halogens is 3. The van der Waals surface area contributed by atoms with Crippen LogP contribution in [0.3, 0.4) is 0 Å². The van der Waals surface area contributed by atoms with Gasteiger partial charge in [-0.1, -0.05) is 0 Å². The number of rotatable bonds is 2. The number of hydrogen-bond acceptors (Lipinski definition) is 2. The minimum atomic E-state index is -4.41. The van der Waals surface area contributed by atoms with Gasteiger partial charge in [0.25, 0.3) is 0 Å². The molecule has 0 atom stereocenters. The molecule has 0 saturated heterocycles. The Labute approximate surface area is 89.5 Å². The molecule has 0 unspecified atom stereocenters. The van der Waals surface area contributed by atoms with Crippen LogP contribution in [0.25, 0.3) is 0 Å². The van der Waals surface area contributed by atoms with Crippen molar-refractivity contribution in [1.82, 2.24) is 9.66 Å². The van der Waals surface area contributed by atoms with Gasteiger partial charge in [0.2, 0.25) is 0 Å². The van der Waals surface area contributed by atoms with E-state index in [0.29, 0.717) is 0 Å². The van der Waals surface area contributed by atoms with Crippen LogP contribution in [0, 0.1) is 0 Å². The van der Waals surface area contributed by atoms with Gasteiger partial charge < -0.3 is 0 Å². The van der Waals surface area contributed by atoms with Crippen molar-refractivity contribution in [2.45, 2.75) is 6.18 Å². The highest BCUT2D eigenvalue weighted by molar-refractivity contribution is 5.45. The highest BCUT2D eigenvalue weighted by Crippen LogP contribution is 2.33. The van der Waals surface area contributed by atoms with E-state index in [1.807, 2.05) is 0 Å². The van der Waals surface area contributed by atoms with Gasteiger partial charge in [0.15, 0.2) is 5.82 Å². The van der Waals surface area contributed by atoms with Gasteiger partial charge in [0, 0.05) is 18.6 Å². The number of anilines is 1. The second-order valence-electron chi connectivity index (χ2n) is 3.10. The molecule has 1 N–H and O–H groups in total. The molecule has 2 rings (SSSR count). The van der Waals surface area contributed by atoms with Crippen LogP contribution in [0.4, 0.5) is 19.0 Å². The van der Waals surface area contributed by atoms with E-state index in [9.17, 15) is 13.2 Å². The number of nitrogens with one attached hydrogen (secondary N) is 1. The monoisotopic (exact) mass is 227 g/mol. The van der Waals surface area contributed by atoms with Crippen LogP contribution >= 0.6 is 0 Å². The molecule has 2 aromatic rings. The van der Waals surface area contributed by atoms with Gasteiger partial charge >= 0.3 is 6.18 Å². The summed E-state index contributed by atoms with van der Waals surface area (Å²) in [7, 11) is 0. The fourth-order valence-corrected chi connectivity index (χ4v) is 1.25. The lowest BCUT2D eigenvalue weighted by molar-refractivity contribution is -0.137. The lowest BCUT2D eigenvalue weighted by Crippen LogP contribution is -2.14. The lowest BCUT2D eigenvalue weighted by Gasteiger charge is -2.13. The molecule has 0 aliphatic heterocycles. The number of pyridine rings is 1. The fourth-order valence-electron chi connectivity index (χ4n) is 1.25. The first-order chi connectivity index (χ1) is 7.57. The summed E-state index contributed by atoms with van der Waals surface area (Å²) < 4.78 is 39.2. The number of alkyl halides is 3. The molecule has 84 valence electrons. The summed E-state index contributed by atoms with van der Waals surface area (Å²) in [5, 5.41) is 0. The van der Waals surface area contributed by atoms with Crippen LogP contribution in [0.5, 0.6) is 0 Å². The van der Waals surface area contributed by atoms with E-state index in [1.54, 1.807) is 24.5 Å². The molecule has 3 nitrogen and oxygen atoms in total. The molecule has 6 heteroatoms. The van der Waals surface area contributed by atoms with Gasteiger partial charge in [-0.2, -0.15) is 13.2 Å². The molecule has 0 radical (unpaired) electrons. The first kappa shape index (κ1) is 10.5. The normalized spacial score (nSPS) is 11.4. The van der Waals surface area contributed by atoms with Gasteiger partial charge in [-0.25, -0.2) is 4.98 Å². The third-order valence-corrected chi connectivity index (χ3v) is 1.95. The largest absolute Gasteiger partial charge is 0.420 e. The third kappa shape index (κ3) is 2.16. The molecule has 2 aromatic heterocycles. The first-order valence-corrected chi connectivity index (χ1v) is 4.49. The Kier molecular flexibility index (Phi) is 2.55. The van der Waals surface area contributed by atoms with Gasteiger partial charge in [-0.3, -0.25) is 10.1 Å². The standard InChI is InChI=1S/C10H8F3N3/c11-10(12,13)8-4-3-5-14-9(8)15-16-6-1-2-7-16/h1-7H,(H,14,15). The zero-order valence-electron chi connectivity index (χ0n) is 8.07. The predicted octanol–water partition coefficient (Wildman–Crippen LogP) is 2.78. The van der Waals surface area contributed by atoms with Crippen molar-refractivity contribution in [1.29, 1.82) is 0 Å². The van der Waals surface area contributed by atoms with E-state index in [-0.39, 0.29) is 5.82 Å². The van der Waals surface area contributed by atoms with Crippen LogP contribution in [-0.2, 0) is 6.18 Å². The number of nitrogens with zero attached hydrogens (tertiary/aromatic N) is 2. The van der Waals surface area contributed by atoms with Crippen molar-refractivity contribution in [3.05, 3.63) is 48.4 Å². The van der Waals surface area contributed by atoms with E-state index in [1.165, 1.54) is 16.9 Å². The summed E-state index contributed by atoms with van der Waals surface area (Å²) in [6.45, 7) is 0. The highest BCUT2D eigenvalue weighted by atomic mass is 19.4. The first-order valence-electron chi connectivity index (χ1n) is 4.49. The van der Waals surface area contributed by atoms with Crippen molar-refractivity contribution in [2.24, 2.45) is 0 Å². The maximum absolute atomic E-state index is 12.6. The van der Waals surface area contributed by atoms with Gasteiger partial charge in [-0.05, 0) is 24.3 Å². The molecule has 0 spiro atoms. The Morgan fingerprint density at radius 2 is 1.81 bits per heavy atom. The fraction of sp³-hybridized carbons (Fsp3) is 0.100. The van der Waals surface area contributed by atoms with Crippen molar-refractivity contribution < 1.29 is 13.2 Å². The second kappa shape index (κ2) is 3.88. The molecule has 0 fully saturated rings. The molecule has 0 bridgehead atoms. The number of aromatic nitrogens is 2. The van der Waals surface area contributed by atoms with Crippen LogP contribution in [0.1, 0.15) is 5.56 Å². The third-order valence-electron chi connectivity index (χ3n) is 1.95. The quantitative estimate of drug-likeness (QED) is 0.854. The van der Waals surface area contributed by atoms with Crippen molar-refractivity contribution >= 4 is 5.82 Å². The molecule has 0 aromatic carbocycles. The van der Waals surface area contributed by atoms with Crippen LogP contribution in [0.15, 0.2) is 42.9 Å². The summed E-state index contributed by atoms with van der Waals surface area (Å²) in [5.41, 5.74) is 1.76. The molecule has 2 heterocycles. The summed E-state index contributed by atoms with van der Waals surface area (Å²) in [5.74, 6) is -0.216. The molecule has 0 saturated carbocycles.